The molecule has 0 amide bonds. The van der Waals surface area contributed by atoms with Crippen molar-refractivity contribution in [1.82, 2.24) is 15.3 Å². The van der Waals surface area contributed by atoms with E-state index in [1.165, 1.54) is 50.0 Å². The van der Waals surface area contributed by atoms with Gasteiger partial charge in [0, 0.05) is 50.2 Å². The molecule has 30 heavy (non-hydrogen) atoms. The molecule has 0 saturated carbocycles. The molecule has 2 fully saturated rings. The van der Waals surface area contributed by atoms with E-state index >= 15 is 0 Å². The number of hydrogen-bond acceptors (Lipinski definition) is 5. The van der Waals surface area contributed by atoms with Crippen LogP contribution in [0.1, 0.15) is 43.9 Å². The first-order chi connectivity index (χ1) is 14.6. The minimum absolute atomic E-state index is 0.544. The van der Waals surface area contributed by atoms with Gasteiger partial charge in [-0.1, -0.05) is 19.1 Å². The second-order valence-electron chi connectivity index (χ2n) is 8.55. The molecule has 2 aliphatic heterocycles. The Kier molecular flexibility index (Phi) is 6.67. The maximum absolute atomic E-state index is 5.49. The number of nitrogens with one attached hydrogen (secondary N) is 2. The average molecular weight is 425 g/mol. The predicted octanol–water partition coefficient (Wildman–Crippen LogP) is 4.11. The van der Waals surface area contributed by atoms with Crippen LogP contribution in [0.15, 0.2) is 30.3 Å². The molecular formula is C23H32N6S. The molecule has 0 radical (unpaired) electrons. The van der Waals surface area contributed by atoms with E-state index in [1.54, 1.807) is 0 Å². The molecule has 2 aliphatic rings. The summed E-state index contributed by atoms with van der Waals surface area (Å²) in [6.45, 7) is 9.41. The van der Waals surface area contributed by atoms with Crippen molar-refractivity contribution in [1.29, 1.82) is 0 Å². The number of piperidine rings is 1. The Morgan fingerprint density at radius 3 is 2.53 bits per heavy atom. The van der Waals surface area contributed by atoms with Crippen LogP contribution in [0.5, 0.6) is 0 Å². The lowest BCUT2D eigenvalue weighted by atomic mass is 10.0. The van der Waals surface area contributed by atoms with Crippen molar-refractivity contribution in [2.75, 3.05) is 41.3 Å². The van der Waals surface area contributed by atoms with Crippen LogP contribution in [0.2, 0.25) is 0 Å². The van der Waals surface area contributed by atoms with Gasteiger partial charge in [0.25, 0.3) is 0 Å². The highest BCUT2D eigenvalue weighted by molar-refractivity contribution is 7.80. The molecule has 6 nitrogen and oxygen atoms in total. The van der Waals surface area contributed by atoms with Gasteiger partial charge in [0.15, 0.2) is 5.11 Å². The molecule has 1 aromatic carbocycles. The fraction of sp³-hybridized carbons (Fsp3) is 0.522. The molecule has 1 aromatic heterocycles. The third-order valence-corrected chi connectivity index (χ3v) is 6.15. The van der Waals surface area contributed by atoms with E-state index < -0.39 is 0 Å². The molecular weight excluding hydrogens is 392 g/mol. The smallest absolute Gasteiger partial charge is 0.231 e. The summed E-state index contributed by atoms with van der Waals surface area (Å²) in [5.41, 5.74) is 3.46. The van der Waals surface area contributed by atoms with Gasteiger partial charge in [-0.3, -0.25) is 0 Å². The topological polar surface area (TPSA) is 56.3 Å². The Labute approximate surface area is 185 Å². The summed E-state index contributed by atoms with van der Waals surface area (Å²) in [6, 6.07) is 10.8. The van der Waals surface area contributed by atoms with Gasteiger partial charge in [0.05, 0.1) is 0 Å². The van der Waals surface area contributed by atoms with Crippen LogP contribution < -0.4 is 20.4 Å². The average Bonchev–Trinajstić information content (AvgIpc) is 3.27. The molecule has 0 bridgehead atoms. The Balaban J connectivity index is 1.32. The van der Waals surface area contributed by atoms with Crippen LogP contribution in [0.3, 0.4) is 0 Å². The van der Waals surface area contributed by atoms with Crippen LogP contribution in [0, 0.1) is 12.8 Å². The van der Waals surface area contributed by atoms with Crippen molar-refractivity contribution < 1.29 is 0 Å². The van der Waals surface area contributed by atoms with E-state index in [1.807, 2.05) is 6.92 Å². The van der Waals surface area contributed by atoms with Gasteiger partial charge in [-0.2, -0.15) is 4.98 Å². The highest BCUT2D eigenvalue weighted by Crippen LogP contribution is 2.23. The molecule has 2 N–H and O–H groups in total. The van der Waals surface area contributed by atoms with Gasteiger partial charge in [0.1, 0.15) is 5.82 Å². The Hall–Kier alpha value is -2.41. The fourth-order valence-corrected chi connectivity index (χ4v) is 4.46. The van der Waals surface area contributed by atoms with E-state index in [4.69, 9.17) is 17.2 Å². The molecule has 160 valence electrons. The van der Waals surface area contributed by atoms with Gasteiger partial charge < -0.3 is 20.4 Å². The van der Waals surface area contributed by atoms with Crippen molar-refractivity contribution in [3.63, 3.8) is 0 Å². The van der Waals surface area contributed by atoms with E-state index in [2.05, 4.69) is 62.7 Å². The summed E-state index contributed by atoms with van der Waals surface area (Å²) in [5.74, 6) is 2.24. The maximum atomic E-state index is 5.49. The second-order valence-corrected chi connectivity index (χ2v) is 8.96. The highest BCUT2D eigenvalue weighted by atomic mass is 32.1. The highest BCUT2D eigenvalue weighted by Gasteiger charge is 2.19. The van der Waals surface area contributed by atoms with Crippen molar-refractivity contribution in [3.8, 4) is 0 Å². The lowest BCUT2D eigenvalue weighted by Crippen LogP contribution is -2.35. The summed E-state index contributed by atoms with van der Waals surface area (Å²) >= 11 is 5.49. The zero-order valence-corrected chi connectivity index (χ0v) is 18.8. The summed E-state index contributed by atoms with van der Waals surface area (Å²) in [6.07, 6.45) is 5.09. The minimum atomic E-state index is 0.544. The lowest BCUT2D eigenvalue weighted by Gasteiger charge is -2.32. The molecule has 4 rings (SSSR count). The van der Waals surface area contributed by atoms with Gasteiger partial charge in [0.2, 0.25) is 5.95 Å². The van der Waals surface area contributed by atoms with Crippen LogP contribution in [-0.2, 0) is 6.54 Å². The van der Waals surface area contributed by atoms with Crippen LogP contribution >= 0.6 is 12.2 Å². The van der Waals surface area contributed by atoms with E-state index in [0.29, 0.717) is 23.5 Å². The monoisotopic (exact) mass is 424 g/mol. The largest absolute Gasteiger partial charge is 0.372 e. The number of rotatable bonds is 5. The zero-order chi connectivity index (χ0) is 20.9. The van der Waals surface area contributed by atoms with Crippen molar-refractivity contribution >= 4 is 34.8 Å². The number of thiocarbonyl (C=S) groups is 1. The lowest BCUT2D eigenvalue weighted by molar-refractivity contribution is 0.444. The molecule has 1 unspecified atom stereocenters. The second kappa shape index (κ2) is 9.60. The summed E-state index contributed by atoms with van der Waals surface area (Å²) in [5, 5.41) is 6.98. The van der Waals surface area contributed by atoms with Gasteiger partial charge >= 0.3 is 0 Å². The summed E-state index contributed by atoms with van der Waals surface area (Å²) in [7, 11) is 0. The number of aromatic nitrogens is 2. The third-order valence-electron chi connectivity index (χ3n) is 5.91. The van der Waals surface area contributed by atoms with Gasteiger partial charge in [-0.15, -0.1) is 0 Å². The van der Waals surface area contributed by atoms with Crippen LogP contribution in [-0.4, -0.2) is 41.3 Å². The molecule has 0 aliphatic carbocycles. The first-order valence-corrected chi connectivity index (χ1v) is 11.5. The molecule has 2 aromatic rings. The van der Waals surface area contributed by atoms with Gasteiger partial charge in [-0.25, -0.2) is 4.98 Å². The van der Waals surface area contributed by atoms with Gasteiger partial charge in [-0.05, 0) is 68.4 Å². The Morgan fingerprint density at radius 2 is 1.80 bits per heavy atom. The predicted molar refractivity (Wildman–Crippen MR) is 128 cm³/mol. The summed E-state index contributed by atoms with van der Waals surface area (Å²) < 4.78 is 0. The number of hydrogen-bond donors (Lipinski definition) is 2. The number of aryl methyl sites for hydroxylation is 1. The standard InChI is InChI=1S/C23H32N6S/c1-17-6-5-13-29(16-17)21-14-18(2)25-22(26-21)27-23(30)24-15-19-7-9-20(10-8-19)28-11-3-4-12-28/h7-10,14,17H,3-6,11-13,15-16H2,1-2H3,(H2,24,25,26,27,30). The first kappa shape index (κ1) is 20.8. The van der Waals surface area contributed by atoms with Crippen LogP contribution in [0.25, 0.3) is 0 Å². The molecule has 3 heterocycles. The number of benzene rings is 1. The number of anilines is 3. The fourth-order valence-electron chi connectivity index (χ4n) is 4.30. The van der Waals surface area contributed by atoms with E-state index in [-0.39, 0.29) is 0 Å². The van der Waals surface area contributed by atoms with E-state index in [0.717, 1.165) is 24.6 Å². The minimum Gasteiger partial charge on any atom is -0.372 e. The Bertz CT molecular complexity index is 862. The zero-order valence-electron chi connectivity index (χ0n) is 18.0. The third kappa shape index (κ3) is 5.39. The molecule has 7 heteroatoms. The molecule has 0 spiro atoms. The number of nitrogens with zero attached hydrogens (tertiary/aromatic N) is 4. The van der Waals surface area contributed by atoms with E-state index in [9.17, 15) is 0 Å². The molecule has 1 atom stereocenters. The van der Waals surface area contributed by atoms with Crippen molar-refractivity contribution in [2.24, 2.45) is 5.92 Å². The van der Waals surface area contributed by atoms with Crippen molar-refractivity contribution in [2.45, 2.75) is 46.1 Å². The molecule has 2 saturated heterocycles. The first-order valence-electron chi connectivity index (χ1n) is 11.1. The Morgan fingerprint density at radius 1 is 1.07 bits per heavy atom. The van der Waals surface area contributed by atoms with Crippen LogP contribution in [0.4, 0.5) is 17.5 Å². The quantitative estimate of drug-likeness (QED) is 0.701. The van der Waals surface area contributed by atoms with Crippen molar-refractivity contribution in [3.05, 3.63) is 41.6 Å². The maximum Gasteiger partial charge on any atom is 0.231 e. The SMILES string of the molecule is Cc1cc(N2CCCC(C)C2)nc(NC(=S)NCc2ccc(N3CCCC3)cc2)n1. The summed E-state index contributed by atoms with van der Waals surface area (Å²) in [4.78, 5) is 14.0. The normalized spacial score (nSPS) is 19.1.